The van der Waals surface area contributed by atoms with Gasteiger partial charge in [-0.3, -0.25) is 5.43 Å². The van der Waals surface area contributed by atoms with Crippen LogP contribution in [0.1, 0.15) is 39.0 Å². The zero-order valence-corrected chi connectivity index (χ0v) is 12.5. The third-order valence-electron chi connectivity index (χ3n) is 4.33. The van der Waals surface area contributed by atoms with Gasteiger partial charge in [-0.15, -0.1) is 0 Å². The van der Waals surface area contributed by atoms with E-state index >= 15 is 0 Å². The van der Waals surface area contributed by atoms with Crippen LogP contribution >= 0.6 is 0 Å². The first-order valence-electron chi connectivity index (χ1n) is 7.83. The number of nitrogens with zero attached hydrogens (tertiary/aromatic N) is 3. The van der Waals surface area contributed by atoms with Crippen molar-refractivity contribution in [2.45, 2.75) is 45.1 Å². The van der Waals surface area contributed by atoms with Crippen molar-refractivity contribution in [3.63, 3.8) is 0 Å². The van der Waals surface area contributed by atoms with Gasteiger partial charge in [0.25, 0.3) is 0 Å². The standard InChI is InChI=1S/C16H23N5/c1-2-12-8-4-3-7-11-21(12)15-13-9-5-6-10-14(13)18-16(19-15)20-17/h5-6,9-10,12H,2-4,7-8,11,17H2,1H3,(H,18,19,20). The maximum absolute atomic E-state index is 5.54. The van der Waals surface area contributed by atoms with Crippen LogP contribution in [0.4, 0.5) is 11.8 Å². The summed E-state index contributed by atoms with van der Waals surface area (Å²) in [7, 11) is 0. The average Bonchev–Trinajstić information content (AvgIpc) is 2.78. The zero-order valence-electron chi connectivity index (χ0n) is 12.5. The van der Waals surface area contributed by atoms with E-state index in [-0.39, 0.29) is 0 Å². The SMILES string of the molecule is CCC1CCCCCN1c1nc(NN)nc2ccccc12. The highest BCUT2D eigenvalue weighted by atomic mass is 15.3. The Bertz CT molecular complexity index is 613. The third kappa shape index (κ3) is 2.78. The number of benzene rings is 1. The van der Waals surface area contributed by atoms with E-state index in [9.17, 15) is 0 Å². The summed E-state index contributed by atoms with van der Waals surface area (Å²) in [6.07, 6.45) is 6.21. The van der Waals surface area contributed by atoms with E-state index in [2.05, 4.69) is 33.3 Å². The second kappa shape index (κ2) is 6.26. The summed E-state index contributed by atoms with van der Waals surface area (Å²) in [4.78, 5) is 11.6. The molecule has 0 spiro atoms. The number of hydrogen-bond donors (Lipinski definition) is 2. The molecule has 5 nitrogen and oxygen atoms in total. The van der Waals surface area contributed by atoms with Gasteiger partial charge in [-0.25, -0.2) is 10.8 Å². The van der Waals surface area contributed by atoms with Gasteiger partial charge in [-0.2, -0.15) is 4.98 Å². The number of hydrogen-bond acceptors (Lipinski definition) is 5. The first-order valence-corrected chi connectivity index (χ1v) is 7.83. The molecule has 1 aliphatic heterocycles. The number of nitrogens with one attached hydrogen (secondary N) is 1. The van der Waals surface area contributed by atoms with Crippen LogP contribution in [0, 0.1) is 0 Å². The molecule has 0 saturated carbocycles. The second-order valence-electron chi connectivity index (χ2n) is 5.64. The Kier molecular flexibility index (Phi) is 4.20. The quantitative estimate of drug-likeness (QED) is 0.670. The van der Waals surface area contributed by atoms with Gasteiger partial charge in [-0.1, -0.05) is 31.9 Å². The fourth-order valence-electron chi connectivity index (χ4n) is 3.22. The number of rotatable bonds is 3. The molecule has 2 heterocycles. The number of nitrogen functional groups attached to an aromatic ring is 1. The Balaban J connectivity index is 2.12. The summed E-state index contributed by atoms with van der Waals surface area (Å²) in [5.74, 6) is 7.05. The minimum absolute atomic E-state index is 0.489. The first kappa shape index (κ1) is 14.1. The van der Waals surface area contributed by atoms with Crippen molar-refractivity contribution >= 4 is 22.7 Å². The molecule has 1 unspecified atom stereocenters. The summed E-state index contributed by atoms with van der Waals surface area (Å²) in [5, 5.41) is 1.11. The Morgan fingerprint density at radius 2 is 2.10 bits per heavy atom. The van der Waals surface area contributed by atoms with E-state index in [1.807, 2.05) is 18.2 Å². The first-order chi connectivity index (χ1) is 10.3. The van der Waals surface area contributed by atoms with Gasteiger partial charge in [0.1, 0.15) is 5.82 Å². The van der Waals surface area contributed by atoms with Crippen molar-refractivity contribution in [3.8, 4) is 0 Å². The third-order valence-corrected chi connectivity index (χ3v) is 4.33. The van der Waals surface area contributed by atoms with Gasteiger partial charge in [0.15, 0.2) is 0 Å². The van der Waals surface area contributed by atoms with Gasteiger partial charge < -0.3 is 4.90 Å². The van der Waals surface area contributed by atoms with Crippen molar-refractivity contribution in [2.75, 3.05) is 16.9 Å². The predicted molar refractivity (Wildman–Crippen MR) is 87.2 cm³/mol. The summed E-state index contributed by atoms with van der Waals surface area (Å²) in [6.45, 7) is 3.32. The molecule has 1 fully saturated rings. The number of anilines is 2. The van der Waals surface area contributed by atoms with Gasteiger partial charge in [0, 0.05) is 18.0 Å². The molecule has 112 valence electrons. The van der Waals surface area contributed by atoms with Crippen LogP contribution in [0.2, 0.25) is 0 Å². The number of aromatic nitrogens is 2. The minimum atomic E-state index is 0.489. The Hall–Kier alpha value is -1.88. The summed E-state index contributed by atoms with van der Waals surface area (Å²) < 4.78 is 0. The van der Waals surface area contributed by atoms with E-state index in [0.29, 0.717) is 12.0 Å². The highest BCUT2D eigenvalue weighted by Crippen LogP contribution is 2.30. The van der Waals surface area contributed by atoms with Crippen LogP contribution in [0.5, 0.6) is 0 Å². The molecule has 2 aromatic rings. The van der Waals surface area contributed by atoms with Gasteiger partial charge in [-0.05, 0) is 31.4 Å². The molecule has 1 aliphatic rings. The molecule has 3 N–H and O–H groups in total. The largest absolute Gasteiger partial charge is 0.353 e. The molecule has 0 aliphatic carbocycles. The van der Waals surface area contributed by atoms with E-state index in [1.54, 1.807) is 0 Å². The summed E-state index contributed by atoms with van der Waals surface area (Å²) >= 11 is 0. The van der Waals surface area contributed by atoms with Gasteiger partial charge >= 0.3 is 0 Å². The lowest BCUT2D eigenvalue weighted by Gasteiger charge is -2.31. The number of para-hydroxylation sites is 1. The molecule has 0 amide bonds. The predicted octanol–water partition coefficient (Wildman–Crippen LogP) is 3.07. The molecule has 1 aromatic carbocycles. The van der Waals surface area contributed by atoms with Gasteiger partial charge in [0.2, 0.25) is 5.95 Å². The Morgan fingerprint density at radius 3 is 2.90 bits per heavy atom. The molecule has 0 bridgehead atoms. The lowest BCUT2D eigenvalue weighted by molar-refractivity contribution is 0.553. The van der Waals surface area contributed by atoms with Gasteiger partial charge in [0.05, 0.1) is 5.52 Å². The highest BCUT2D eigenvalue weighted by Gasteiger charge is 2.23. The maximum Gasteiger partial charge on any atom is 0.239 e. The number of nitrogens with two attached hydrogens (primary N) is 1. The topological polar surface area (TPSA) is 67.1 Å². The van der Waals surface area contributed by atoms with Crippen LogP contribution in [-0.2, 0) is 0 Å². The molecule has 1 saturated heterocycles. The average molecular weight is 285 g/mol. The molecular formula is C16H23N5. The van der Waals surface area contributed by atoms with Crippen LogP contribution in [0.25, 0.3) is 10.9 Å². The van der Waals surface area contributed by atoms with Crippen LogP contribution in [0.15, 0.2) is 24.3 Å². The Labute approximate surface area is 125 Å². The molecule has 3 rings (SSSR count). The Morgan fingerprint density at radius 1 is 1.24 bits per heavy atom. The number of hydrazine groups is 1. The molecular weight excluding hydrogens is 262 g/mol. The maximum atomic E-state index is 5.54. The van der Waals surface area contributed by atoms with Crippen molar-refractivity contribution in [3.05, 3.63) is 24.3 Å². The van der Waals surface area contributed by atoms with E-state index in [4.69, 9.17) is 5.84 Å². The molecule has 21 heavy (non-hydrogen) atoms. The van der Waals surface area contributed by atoms with E-state index < -0.39 is 0 Å². The molecule has 0 radical (unpaired) electrons. The number of fused-ring (bicyclic) bond motifs is 1. The summed E-state index contributed by atoms with van der Waals surface area (Å²) in [6, 6.07) is 8.71. The molecule has 1 atom stereocenters. The van der Waals surface area contributed by atoms with Crippen LogP contribution in [-0.4, -0.2) is 22.6 Å². The van der Waals surface area contributed by atoms with Crippen LogP contribution in [0.3, 0.4) is 0 Å². The molecule has 1 aromatic heterocycles. The minimum Gasteiger partial charge on any atom is -0.353 e. The lowest BCUT2D eigenvalue weighted by Crippen LogP contribution is -2.35. The van der Waals surface area contributed by atoms with Crippen molar-refractivity contribution in [1.29, 1.82) is 0 Å². The lowest BCUT2D eigenvalue weighted by atomic mass is 10.1. The highest BCUT2D eigenvalue weighted by molar-refractivity contribution is 5.90. The van der Waals surface area contributed by atoms with Crippen LogP contribution < -0.4 is 16.2 Å². The fourth-order valence-corrected chi connectivity index (χ4v) is 3.22. The fraction of sp³-hybridized carbons (Fsp3) is 0.500. The van der Waals surface area contributed by atoms with Crippen molar-refractivity contribution in [2.24, 2.45) is 5.84 Å². The monoisotopic (exact) mass is 285 g/mol. The normalized spacial score (nSPS) is 19.5. The summed E-state index contributed by atoms with van der Waals surface area (Å²) in [5.41, 5.74) is 3.54. The van der Waals surface area contributed by atoms with E-state index in [0.717, 1.165) is 29.7 Å². The molecule has 5 heteroatoms. The van der Waals surface area contributed by atoms with Crippen molar-refractivity contribution < 1.29 is 0 Å². The smallest absolute Gasteiger partial charge is 0.239 e. The zero-order chi connectivity index (χ0) is 14.7. The second-order valence-corrected chi connectivity index (χ2v) is 5.64. The van der Waals surface area contributed by atoms with Crippen molar-refractivity contribution in [1.82, 2.24) is 9.97 Å². The van der Waals surface area contributed by atoms with E-state index in [1.165, 1.54) is 25.7 Å².